The van der Waals surface area contributed by atoms with Gasteiger partial charge in [0.25, 0.3) is 5.91 Å². The maximum Gasteiger partial charge on any atom is 0.262 e. The number of carbonyl (C=O) groups excluding carboxylic acids is 1. The molecule has 0 unspecified atom stereocenters. The van der Waals surface area contributed by atoms with Gasteiger partial charge in [0.15, 0.2) is 6.61 Å². The van der Waals surface area contributed by atoms with E-state index in [0.717, 1.165) is 16.8 Å². The molecule has 3 nitrogen and oxygen atoms in total. The first-order valence-corrected chi connectivity index (χ1v) is 8.12. The predicted octanol–water partition coefficient (Wildman–Crippen LogP) is 5.44. The van der Waals surface area contributed by atoms with Crippen molar-refractivity contribution in [2.75, 3.05) is 11.9 Å². The minimum Gasteiger partial charge on any atom is -0.482 e. The van der Waals surface area contributed by atoms with Crippen LogP contribution in [0.5, 0.6) is 5.75 Å². The van der Waals surface area contributed by atoms with Gasteiger partial charge in [-0.3, -0.25) is 4.79 Å². The Kier molecular flexibility index (Phi) is 5.91. The molecule has 0 saturated heterocycles. The summed E-state index contributed by atoms with van der Waals surface area (Å²) in [6.07, 6.45) is 0. The molecule has 0 spiro atoms. The lowest BCUT2D eigenvalue weighted by molar-refractivity contribution is -0.118. The second-order valence-corrected chi connectivity index (χ2v) is 6.37. The molecule has 122 valence electrons. The third kappa shape index (κ3) is 4.40. The van der Waals surface area contributed by atoms with Gasteiger partial charge in [0.05, 0.1) is 5.02 Å². The van der Waals surface area contributed by atoms with E-state index in [1.165, 1.54) is 0 Å². The summed E-state index contributed by atoms with van der Waals surface area (Å²) in [5.41, 5.74) is 2.96. The lowest BCUT2D eigenvalue weighted by Gasteiger charge is -2.16. The van der Waals surface area contributed by atoms with Crippen molar-refractivity contribution in [2.45, 2.75) is 26.7 Å². The summed E-state index contributed by atoms with van der Waals surface area (Å²) in [5.74, 6) is 0.467. The fourth-order valence-electron chi connectivity index (χ4n) is 2.26. The van der Waals surface area contributed by atoms with Gasteiger partial charge >= 0.3 is 0 Å². The molecular weight excluding hydrogens is 333 g/mol. The molecule has 0 aliphatic rings. The number of hydrogen-bond acceptors (Lipinski definition) is 2. The standard InChI is InChI=1S/C18H19Cl2NO2/c1-11(2)13-7-4-6-12(3)18(13)21-16(22)10-23-15-9-5-8-14(19)17(15)20/h4-9,11H,10H2,1-3H3,(H,21,22). The topological polar surface area (TPSA) is 38.3 Å². The van der Waals surface area contributed by atoms with E-state index < -0.39 is 0 Å². The summed E-state index contributed by atoms with van der Waals surface area (Å²) in [5, 5.41) is 3.62. The van der Waals surface area contributed by atoms with Crippen molar-refractivity contribution in [1.82, 2.24) is 0 Å². The van der Waals surface area contributed by atoms with E-state index >= 15 is 0 Å². The summed E-state index contributed by atoms with van der Waals surface area (Å²) >= 11 is 12.0. The molecule has 0 saturated carbocycles. The average Bonchev–Trinajstić information content (AvgIpc) is 2.50. The van der Waals surface area contributed by atoms with E-state index in [2.05, 4.69) is 19.2 Å². The van der Waals surface area contributed by atoms with Crippen molar-refractivity contribution in [3.8, 4) is 5.75 Å². The van der Waals surface area contributed by atoms with Gasteiger partial charge in [0.1, 0.15) is 10.8 Å². The molecule has 0 fully saturated rings. The van der Waals surface area contributed by atoms with E-state index in [4.69, 9.17) is 27.9 Å². The Morgan fingerprint density at radius 3 is 2.57 bits per heavy atom. The number of hydrogen-bond donors (Lipinski definition) is 1. The number of aryl methyl sites for hydroxylation is 1. The molecule has 2 aromatic rings. The highest BCUT2D eigenvalue weighted by molar-refractivity contribution is 6.42. The molecule has 0 atom stereocenters. The zero-order chi connectivity index (χ0) is 17.0. The van der Waals surface area contributed by atoms with Gasteiger partial charge in [-0.05, 0) is 36.1 Å². The van der Waals surface area contributed by atoms with Crippen LogP contribution in [0.1, 0.15) is 30.9 Å². The first-order valence-electron chi connectivity index (χ1n) is 7.36. The first kappa shape index (κ1) is 17.6. The van der Waals surface area contributed by atoms with Crippen LogP contribution in [0.25, 0.3) is 0 Å². The molecule has 0 aliphatic heterocycles. The SMILES string of the molecule is Cc1cccc(C(C)C)c1NC(=O)COc1cccc(Cl)c1Cl. The molecular formula is C18H19Cl2NO2. The second kappa shape index (κ2) is 7.71. The zero-order valence-corrected chi connectivity index (χ0v) is 14.8. The third-order valence-corrected chi connectivity index (χ3v) is 4.27. The number of benzene rings is 2. The lowest BCUT2D eigenvalue weighted by Crippen LogP contribution is -2.21. The number of ether oxygens (including phenoxy) is 1. The smallest absolute Gasteiger partial charge is 0.262 e. The van der Waals surface area contributed by atoms with Crippen LogP contribution in [-0.4, -0.2) is 12.5 Å². The van der Waals surface area contributed by atoms with Crippen LogP contribution >= 0.6 is 23.2 Å². The summed E-state index contributed by atoms with van der Waals surface area (Å²) in [6.45, 7) is 6.02. The van der Waals surface area contributed by atoms with Crippen LogP contribution in [0, 0.1) is 6.92 Å². The highest BCUT2D eigenvalue weighted by atomic mass is 35.5. The van der Waals surface area contributed by atoms with Crippen LogP contribution in [0.4, 0.5) is 5.69 Å². The summed E-state index contributed by atoms with van der Waals surface area (Å²) in [4.78, 5) is 12.2. The number of carbonyl (C=O) groups is 1. The highest BCUT2D eigenvalue weighted by Crippen LogP contribution is 2.31. The molecule has 1 amide bonds. The Morgan fingerprint density at radius 1 is 1.17 bits per heavy atom. The molecule has 0 bridgehead atoms. The average molecular weight is 352 g/mol. The fourth-order valence-corrected chi connectivity index (χ4v) is 2.60. The van der Waals surface area contributed by atoms with Gasteiger partial charge < -0.3 is 10.1 Å². The number of amides is 1. The second-order valence-electron chi connectivity index (χ2n) is 5.58. The lowest BCUT2D eigenvalue weighted by atomic mass is 9.98. The van der Waals surface area contributed by atoms with Crippen molar-refractivity contribution in [3.05, 3.63) is 57.6 Å². The van der Waals surface area contributed by atoms with Gasteiger partial charge in [0.2, 0.25) is 0 Å². The minimum atomic E-state index is -0.239. The molecule has 0 aromatic heterocycles. The van der Waals surface area contributed by atoms with Gasteiger partial charge in [-0.2, -0.15) is 0 Å². The highest BCUT2D eigenvalue weighted by Gasteiger charge is 2.13. The van der Waals surface area contributed by atoms with Crippen LogP contribution in [0.2, 0.25) is 10.0 Å². The molecule has 1 N–H and O–H groups in total. The summed E-state index contributed by atoms with van der Waals surface area (Å²) in [6, 6.07) is 11.0. The van der Waals surface area contributed by atoms with E-state index in [9.17, 15) is 4.79 Å². The first-order chi connectivity index (χ1) is 10.9. The van der Waals surface area contributed by atoms with E-state index in [1.54, 1.807) is 18.2 Å². The predicted molar refractivity (Wildman–Crippen MR) is 95.9 cm³/mol. The molecule has 0 heterocycles. The monoisotopic (exact) mass is 351 g/mol. The van der Waals surface area contributed by atoms with Crippen molar-refractivity contribution in [3.63, 3.8) is 0 Å². The van der Waals surface area contributed by atoms with E-state index in [-0.39, 0.29) is 12.5 Å². The Labute approximate surface area is 146 Å². The van der Waals surface area contributed by atoms with Crippen LogP contribution < -0.4 is 10.1 Å². The number of halogens is 2. The number of rotatable bonds is 5. The maximum atomic E-state index is 12.2. The number of nitrogens with one attached hydrogen (secondary N) is 1. The molecule has 5 heteroatoms. The molecule has 0 aliphatic carbocycles. The Hall–Kier alpha value is -1.71. The molecule has 23 heavy (non-hydrogen) atoms. The molecule has 0 radical (unpaired) electrons. The number of anilines is 1. The fraction of sp³-hybridized carbons (Fsp3) is 0.278. The van der Waals surface area contributed by atoms with Crippen molar-refractivity contribution < 1.29 is 9.53 Å². The Morgan fingerprint density at radius 2 is 1.87 bits per heavy atom. The van der Waals surface area contributed by atoms with Crippen molar-refractivity contribution >= 4 is 34.8 Å². The van der Waals surface area contributed by atoms with Crippen LogP contribution in [0.15, 0.2) is 36.4 Å². The molecule has 2 rings (SSSR count). The zero-order valence-electron chi connectivity index (χ0n) is 13.3. The Balaban J connectivity index is 2.07. The van der Waals surface area contributed by atoms with Crippen molar-refractivity contribution in [2.24, 2.45) is 0 Å². The quantitative estimate of drug-likeness (QED) is 0.778. The van der Waals surface area contributed by atoms with Crippen molar-refractivity contribution in [1.29, 1.82) is 0 Å². The normalized spacial score (nSPS) is 10.7. The minimum absolute atomic E-state index is 0.133. The third-order valence-electron chi connectivity index (χ3n) is 3.47. The van der Waals surface area contributed by atoms with E-state index in [1.807, 2.05) is 25.1 Å². The van der Waals surface area contributed by atoms with Gasteiger partial charge in [-0.15, -0.1) is 0 Å². The Bertz CT molecular complexity index is 714. The summed E-state index contributed by atoms with van der Waals surface area (Å²) in [7, 11) is 0. The van der Waals surface area contributed by atoms with Gasteiger partial charge in [-0.1, -0.05) is 61.3 Å². The van der Waals surface area contributed by atoms with Crippen LogP contribution in [-0.2, 0) is 4.79 Å². The van der Waals surface area contributed by atoms with Gasteiger partial charge in [-0.25, -0.2) is 0 Å². The van der Waals surface area contributed by atoms with Crippen LogP contribution in [0.3, 0.4) is 0 Å². The largest absolute Gasteiger partial charge is 0.482 e. The van der Waals surface area contributed by atoms with E-state index in [0.29, 0.717) is 21.7 Å². The molecule has 2 aromatic carbocycles. The maximum absolute atomic E-state index is 12.2. The van der Waals surface area contributed by atoms with Gasteiger partial charge in [0, 0.05) is 5.69 Å². The number of para-hydroxylation sites is 1. The summed E-state index contributed by atoms with van der Waals surface area (Å²) < 4.78 is 5.46.